The lowest BCUT2D eigenvalue weighted by atomic mass is 10.3. The van der Waals surface area contributed by atoms with Crippen LogP contribution in [0.5, 0.6) is 11.5 Å². The van der Waals surface area contributed by atoms with Crippen LogP contribution in [-0.2, 0) is 10.0 Å². The smallest absolute Gasteiger partial charge is 0.262 e. The summed E-state index contributed by atoms with van der Waals surface area (Å²) in [5, 5.41) is 9.33. The van der Waals surface area contributed by atoms with Gasteiger partial charge in [0.25, 0.3) is 10.0 Å². The number of rotatable bonds is 4. The van der Waals surface area contributed by atoms with E-state index in [-0.39, 0.29) is 10.6 Å². The zero-order chi connectivity index (χ0) is 13.9. The molecule has 2 aromatic carbocycles. The molecule has 6 heteroatoms. The number of methoxy groups -OCH3 is 1. The number of para-hydroxylation sites is 2. The number of sulfonamides is 1. The first kappa shape index (κ1) is 13.2. The number of phenols is 1. The van der Waals surface area contributed by atoms with Gasteiger partial charge in [0.1, 0.15) is 11.5 Å². The standard InChI is InChI=1S/C13H13NO4S/c1-18-13-8-3-2-7-12(13)14-19(16,17)11-6-4-5-10(15)9-11/h2-9,14-15H,1H3. The van der Waals surface area contributed by atoms with Gasteiger partial charge in [-0.1, -0.05) is 18.2 Å². The van der Waals surface area contributed by atoms with Crippen molar-refractivity contribution in [2.45, 2.75) is 4.90 Å². The lowest BCUT2D eigenvalue weighted by Gasteiger charge is -2.11. The molecule has 2 rings (SSSR count). The Morgan fingerprint density at radius 2 is 1.84 bits per heavy atom. The van der Waals surface area contributed by atoms with Crippen molar-refractivity contribution in [3.8, 4) is 11.5 Å². The van der Waals surface area contributed by atoms with Crippen molar-refractivity contribution < 1.29 is 18.3 Å². The Bertz CT molecular complexity index is 683. The van der Waals surface area contributed by atoms with Crippen molar-refractivity contribution in [1.82, 2.24) is 0 Å². The molecule has 0 unspecified atom stereocenters. The van der Waals surface area contributed by atoms with E-state index in [1.165, 1.54) is 31.4 Å². The summed E-state index contributed by atoms with van der Waals surface area (Å²) in [5.41, 5.74) is 0.341. The van der Waals surface area contributed by atoms with Crippen LogP contribution in [0.3, 0.4) is 0 Å². The molecule has 0 aliphatic rings. The highest BCUT2D eigenvalue weighted by Crippen LogP contribution is 2.26. The second-order valence-electron chi connectivity index (χ2n) is 3.80. The van der Waals surface area contributed by atoms with E-state index in [1.54, 1.807) is 24.3 Å². The minimum Gasteiger partial charge on any atom is -0.508 e. The fraction of sp³-hybridized carbons (Fsp3) is 0.0769. The first-order chi connectivity index (χ1) is 9.03. The molecule has 5 nitrogen and oxygen atoms in total. The second kappa shape index (κ2) is 5.19. The molecule has 0 aliphatic heterocycles. The van der Waals surface area contributed by atoms with E-state index < -0.39 is 10.0 Å². The average Bonchev–Trinajstić information content (AvgIpc) is 2.39. The van der Waals surface area contributed by atoms with E-state index in [4.69, 9.17) is 4.74 Å². The summed E-state index contributed by atoms with van der Waals surface area (Å²) >= 11 is 0. The molecule has 0 atom stereocenters. The van der Waals surface area contributed by atoms with Crippen molar-refractivity contribution in [1.29, 1.82) is 0 Å². The predicted octanol–water partition coefficient (Wildman–Crippen LogP) is 2.20. The van der Waals surface area contributed by atoms with Crippen LogP contribution in [0, 0.1) is 0 Å². The Labute approximate surface area is 111 Å². The Balaban J connectivity index is 2.37. The summed E-state index contributed by atoms with van der Waals surface area (Å²) in [6.45, 7) is 0. The first-order valence-electron chi connectivity index (χ1n) is 5.48. The quantitative estimate of drug-likeness (QED) is 0.899. The molecule has 19 heavy (non-hydrogen) atoms. The molecule has 0 saturated carbocycles. The Morgan fingerprint density at radius 3 is 2.53 bits per heavy atom. The normalized spacial score (nSPS) is 11.0. The summed E-state index contributed by atoms with van der Waals surface area (Å²) in [6.07, 6.45) is 0. The SMILES string of the molecule is COc1ccccc1NS(=O)(=O)c1cccc(O)c1. The summed E-state index contributed by atoms with van der Waals surface area (Å²) in [5.74, 6) is 0.314. The first-order valence-corrected chi connectivity index (χ1v) is 6.96. The van der Waals surface area contributed by atoms with Gasteiger partial charge in [-0.25, -0.2) is 8.42 Å². The number of anilines is 1. The minimum absolute atomic E-state index is 0.0154. The van der Waals surface area contributed by atoms with Gasteiger partial charge in [-0.05, 0) is 24.3 Å². The fourth-order valence-electron chi connectivity index (χ4n) is 1.58. The zero-order valence-corrected chi connectivity index (χ0v) is 11.0. The molecule has 0 spiro atoms. The van der Waals surface area contributed by atoms with E-state index in [1.807, 2.05) is 0 Å². The van der Waals surface area contributed by atoms with Crippen LogP contribution in [0.15, 0.2) is 53.4 Å². The summed E-state index contributed by atoms with van der Waals surface area (Å²) in [7, 11) is -2.30. The molecule has 0 radical (unpaired) electrons. The number of aromatic hydroxyl groups is 1. The van der Waals surface area contributed by atoms with Crippen molar-refractivity contribution >= 4 is 15.7 Å². The number of hydrogen-bond acceptors (Lipinski definition) is 4. The van der Waals surface area contributed by atoms with Gasteiger partial charge < -0.3 is 9.84 Å². The Morgan fingerprint density at radius 1 is 1.11 bits per heavy atom. The van der Waals surface area contributed by atoms with Gasteiger partial charge in [0, 0.05) is 6.07 Å². The second-order valence-corrected chi connectivity index (χ2v) is 5.49. The molecule has 0 saturated heterocycles. The third-order valence-electron chi connectivity index (χ3n) is 2.48. The van der Waals surface area contributed by atoms with E-state index in [0.29, 0.717) is 11.4 Å². The summed E-state index contributed by atoms with van der Waals surface area (Å²) in [6, 6.07) is 12.1. The molecule has 0 aromatic heterocycles. The number of benzene rings is 2. The summed E-state index contributed by atoms with van der Waals surface area (Å²) in [4.78, 5) is -0.0154. The maximum atomic E-state index is 12.1. The van der Waals surface area contributed by atoms with Gasteiger partial charge in [-0.2, -0.15) is 0 Å². The average molecular weight is 279 g/mol. The summed E-state index contributed by atoms with van der Waals surface area (Å²) < 4.78 is 31.8. The molecular formula is C13H13NO4S. The molecule has 0 bridgehead atoms. The lowest BCUT2D eigenvalue weighted by Crippen LogP contribution is -2.13. The van der Waals surface area contributed by atoms with E-state index in [0.717, 1.165) is 0 Å². The number of phenolic OH excluding ortho intramolecular Hbond substituents is 1. The highest BCUT2D eigenvalue weighted by atomic mass is 32.2. The minimum atomic E-state index is -3.76. The molecule has 0 fully saturated rings. The van der Waals surface area contributed by atoms with Crippen LogP contribution in [0.4, 0.5) is 5.69 Å². The topological polar surface area (TPSA) is 75.6 Å². The highest BCUT2D eigenvalue weighted by molar-refractivity contribution is 7.92. The molecule has 0 heterocycles. The highest BCUT2D eigenvalue weighted by Gasteiger charge is 2.16. The Kier molecular flexibility index (Phi) is 3.62. The maximum absolute atomic E-state index is 12.1. The molecule has 100 valence electrons. The number of ether oxygens (including phenoxy) is 1. The van der Waals surface area contributed by atoms with Gasteiger partial charge in [0.2, 0.25) is 0 Å². The monoisotopic (exact) mass is 279 g/mol. The third kappa shape index (κ3) is 2.97. The largest absolute Gasteiger partial charge is 0.508 e. The number of nitrogens with one attached hydrogen (secondary N) is 1. The molecule has 0 amide bonds. The molecule has 0 aliphatic carbocycles. The van der Waals surface area contributed by atoms with Gasteiger partial charge >= 0.3 is 0 Å². The van der Waals surface area contributed by atoms with Gasteiger partial charge in [0.05, 0.1) is 17.7 Å². The van der Waals surface area contributed by atoms with Crippen LogP contribution >= 0.6 is 0 Å². The van der Waals surface area contributed by atoms with Crippen LogP contribution in [-0.4, -0.2) is 20.6 Å². The molecule has 2 aromatic rings. The lowest BCUT2D eigenvalue weighted by molar-refractivity contribution is 0.417. The van der Waals surface area contributed by atoms with Crippen molar-refractivity contribution in [3.05, 3.63) is 48.5 Å². The molecular weight excluding hydrogens is 266 g/mol. The zero-order valence-electron chi connectivity index (χ0n) is 10.2. The van der Waals surface area contributed by atoms with E-state index in [9.17, 15) is 13.5 Å². The van der Waals surface area contributed by atoms with Gasteiger partial charge in [0.15, 0.2) is 0 Å². The maximum Gasteiger partial charge on any atom is 0.262 e. The predicted molar refractivity (Wildman–Crippen MR) is 71.9 cm³/mol. The van der Waals surface area contributed by atoms with Crippen LogP contribution in [0.1, 0.15) is 0 Å². The van der Waals surface area contributed by atoms with Crippen LogP contribution in [0.2, 0.25) is 0 Å². The van der Waals surface area contributed by atoms with Gasteiger partial charge in [-0.15, -0.1) is 0 Å². The van der Waals surface area contributed by atoms with Crippen molar-refractivity contribution in [2.24, 2.45) is 0 Å². The number of hydrogen-bond donors (Lipinski definition) is 2. The van der Waals surface area contributed by atoms with Crippen LogP contribution in [0.25, 0.3) is 0 Å². The fourth-order valence-corrected chi connectivity index (χ4v) is 2.69. The molecule has 2 N–H and O–H groups in total. The van der Waals surface area contributed by atoms with Crippen molar-refractivity contribution in [2.75, 3.05) is 11.8 Å². The Hall–Kier alpha value is -2.21. The van der Waals surface area contributed by atoms with E-state index >= 15 is 0 Å². The van der Waals surface area contributed by atoms with Crippen molar-refractivity contribution in [3.63, 3.8) is 0 Å². The van der Waals surface area contributed by atoms with Gasteiger partial charge in [-0.3, -0.25) is 4.72 Å². The third-order valence-corrected chi connectivity index (χ3v) is 3.84. The van der Waals surface area contributed by atoms with E-state index in [2.05, 4.69) is 4.72 Å². The van der Waals surface area contributed by atoms with Crippen LogP contribution < -0.4 is 9.46 Å².